The van der Waals surface area contributed by atoms with Crippen LogP contribution < -0.4 is 0 Å². The average molecular weight is 603 g/mol. The number of aliphatic carboxylic acids is 1. The summed E-state index contributed by atoms with van der Waals surface area (Å²) < 4.78 is 6.18. The number of rotatable bonds is 4. The number of carbonyl (C=O) groups is 3. The van der Waals surface area contributed by atoms with Crippen LogP contribution in [0.4, 0.5) is 0 Å². The molecule has 3 fully saturated rings. The van der Waals surface area contributed by atoms with Crippen molar-refractivity contribution in [3.05, 3.63) is 58.7 Å². The summed E-state index contributed by atoms with van der Waals surface area (Å²) in [6, 6.07) is 6.29. The summed E-state index contributed by atoms with van der Waals surface area (Å²) >= 11 is 0. The lowest BCUT2D eigenvalue weighted by Crippen LogP contribution is -2.63. The van der Waals surface area contributed by atoms with Gasteiger partial charge in [0.15, 0.2) is 0 Å². The molecule has 5 aliphatic rings. The van der Waals surface area contributed by atoms with E-state index < -0.39 is 23.3 Å². The molecule has 0 aliphatic heterocycles. The minimum Gasteiger partial charge on any atom is -0.481 e. The highest BCUT2D eigenvalue weighted by Crippen LogP contribution is 2.74. The third-order valence-electron chi connectivity index (χ3n) is 14.3. The minimum atomic E-state index is -1.13. The lowest BCUT2D eigenvalue weighted by molar-refractivity contribution is -0.183. The molecule has 2 N–H and O–H groups in total. The van der Waals surface area contributed by atoms with Crippen LogP contribution in [0, 0.1) is 44.3 Å². The van der Waals surface area contributed by atoms with E-state index in [1.807, 2.05) is 6.92 Å². The number of carbonyl (C=O) groups excluding carboxylic acids is 1. The van der Waals surface area contributed by atoms with Crippen LogP contribution in [0.5, 0.6) is 0 Å². The van der Waals surface area contributed by atoms with Crippen molar-refractivity contribution in [1.82, 2.24) is 0 Å². The van der Waals surface area contributed by atoms with E-state index in [9.17, 15) is 24.6 Å². The van der Waals surface area contributed by atoms with Gasteiger partial charge in [0.25, 0.3) is 0 Å². The average Bonchev–Trinajstić information content (AvgIpc) is 2.95. The maximum absolute atomic E-state index is 13.3. The molecule has 5 aliphatic carbocycles. The van der Waals surface area contributed by atoms with Crippen LogP contribution in [-0.2, 0) is 9.53 Å². The molecule has 6 rings (SSSR count). The van der Waals surface area contributed by atoms with Gasteiger partial charge in [-0.25, -0.2) is 9.59 Å². The van der Waals surface area contributed by atoms with Crippen LogP contribution in [0.1, 0.15) is 127 Å². The first-order chi connectivity index (χ1) is 20.4. The zero-order valence-electron chi connectivity index (χ0n) is 27.6. The quantitative estimate of drug-likeness (QED) is 0.334. The topological polar surface area (TPSA) is 101 Å². The number of hydrogen-bond donors (Lipinski definition) is 2. The summed E-state index contributed by atoms with van der Waals surface area (Å²) in [5, 5.41) is 19.8. The number of ether oxygens (including phenoxy) is 1. The summed E-state index contributed by atoms with van der Waals surface area (Å²) in [7, 11) is 0. The van der Waals surface area contributed by atoms with E-state index in [0.29, 0.717) is 18.3 Å². The SMILES string of the molecule is CC1(C)[C@@H](OC(=O)c2ccccc2C(=O)O)CC[C@]2(C)[C@H]3C=CC4=C5C[C@@](C)(C(=O)O)CC[C@]5(C)CC[C@@]4(C)[C@]3(C)CC[C@@H]12. The molecule has 0 aromatic heterocycles. The maximum atomic E-state index is 13.3. The van der Waals surface area contributed by atoms with Gasteiger partial charge in [0.2, 0.25) is 0 Å². The van der Waals surface area contributed by atoms with Crippen molar-refractivity contribution in [2.24, 2.45) is 44.3 Å². The molecule has 44 heavy (non-hydrogen) atoms. The Kier molecular flexibility index (Phi) is 6.93. The van der Waals surface area contributed by atoms with Gasteiger partial charge in [0.05, 0.1) is 16.5 Å². The molecule has 0 amide bonds. The molecule has 3 saturated carbocycles. The van der Waals surface area contributed by atoms with Crippen LogP contribution in [0.25, 0.3) is 0 Å². The molecule has 0 spiro atoms. The molecule has 238 valence electrons. The Bertz CT molecular complexity index is 1490. The highest BCUT2D eigenvalue weighted by atomic mass is 16.5. The van der Waals surface area contributed by atoms with Crippen LogP contribution in [0.15, 0.2) is 47.6 Å². The molecule has 0 saturated heterocycles. The highest BCUT2D eigenvalue weighted by Gasteiger charge is 2.67. The van der Waals surface area contributed by atoms with Gasteiger partial charge in [-0.05, 0) is 116 Å². The number of allylic oxidation sites excluding steroid dienone is 4. The van der Waals surface area contributed by atoms with Crippen molar-refractivity contribution in [3.63, 3.8) is 0 Å². The Morgan fingerprint density at radius 3 is 2.14 bits per heavy atom. The smallest absolute Gasteiger partial charge is 0.339 e. The Morgan fingerprint density at radius 1 is 0.818 bits per heavy atom. The highest BCUT2D eigenvalue weighted by molar-refractivity contribution is 6.02. The van der Waals surface area contributed by atoms with Crippen LogP contribution in [-0.4, -0.2) is 34.2 Å². The minimum absolute atomic E-state index is 0.0109. The second-order valence-electron chi connectivity index (χ2n) is 16.8. The van der Waals surface area contributed by atoms with Gasteiger partial charge in [-0.2, -0.15) is 0 Å². The Morgan fingerprint density at radius 2 is 1.48 bits per heavy atom. The van der Waals surface area contributed by atoms with E-state index >= 15 is 0 Å². The van der Waals surface area contributed by atoms with Crippen molar-refractivity contribution in [2.45, 2.75) is 112 Å². The fourth-order valence-electron chi connectivity index (χ4n) is 11.1. The van der Waals surface area contributed by atoms with Crippen molar-refractivity contribution < 1.29 is 29.3 Å². The van der Waals surface area contributed by atoms with Crippen molar-refractivity contribution in [2.75, 3.05) is 0 Å². The first-order valence-electron chi connectivity index (χ1n) is 16.6. The van der Waals surface area contributed by atoms with Gasteiger partial charge in [-0.1, -0.05) is 71.4 Å². The summed E-state index contributed by atoms with van der Waals surface area (Å²) in [6.45, 7) is 16.2. The van der Waals surface area contributed by atoms with Gasteiger partial charge >= 0.3 is 17.9 Å². The number of esters is 1. The van der Waals surface area contributed by atoms with Crippen molar-refractivity contribution in [1.29, 1.82) is 0 Å². The largest absolute Gasteiger partial charge is 0.481 e. The number of aromatic carboxylic acids is 1. The van der Waals surface area contributed by atoms with Crippen molar-refractivity contribution >= 4 is 17.9 Å². The van der Waals surface area contributed by atoms with Gasteiger partial charge in [0.1, 0.15) is 6.10 Å². The fraction of sp³-hybridized carbons (Fsp3) is 0.658. The first kappa shape index (κ1) is 31.1. The molecular weight excluding hydrogens is 552 g/mol. The monoisotopic (exact) mass is 602 g/mol. The molecule has 8 atom stereocenters. The van der Waals surface area contributed by atoms with Crippen LogP contribution in [0.2, 0.25) is 0 Å². The van der Waals surface area contributed by atoms with Gasteiger partial charge in [-0.15, -0.1) is 0 Å². The standard InChI is InChI=1S/C38H50O6/c1-33(2)27-14-17-38(7)28(36(27,5)16-15-29(33)44-31(41)24-11-9-8-10-23(24)30(39)40)13-12-25-26-22-35(4,32(42)43)19-18-34(26,3)20-21-37(25,38)6/h8-13,27-29H,14-22H2,1-7H3,(H,39,40)(H,42,43)/t27-,28+,29-,34+,35-,36-,37+,38+/m0/s1. The number of benzene rings is 1. The Labute approximate surface area is 262 Å². The summed E-state index contributed by atoms with van der Waals surface area (Å²) in [6.07, 6.45) is 12.9. The molecular formula is C38H50O6. The van der Waals surface area contributed by atoms with E-state index in [-0.39, 0.29) is 44.3 Å². The molecule has 0 heterocycles. The van der Waals surface area contributed by atoms with E-state index in [1.54, 1.807) is 12.1 Å². The van der Waals surface area contributed by atoms with Gasteiger partial charge in [-0.3, -0.25) is 4.79 Å². The van der Waals surface area contributed by atoms with E-state index in [4.69, 9.17) is 4.74 Å². The number of carboxylic acid groups (broad SMARTS) is 2. The molecule has 0 bridgehead atoms. The summed E-state index contributed by atoms with van der Waals surface area (Å²) in [4.78, 5) is 37.5. The molecule has 6 heteroatoms. The predicted octanol–water partition coefficient (Wildman–Crippen LogP) is 8.72. The lowest BCUT2D eigenvalue weighted by Gasteiger charge is -2.69. The second kappa shape index (κ2) is 9.80. The zero-order valence-corrected chi connectivity index (χ0v) is 27.6. The number of hydrogen-bond acceptors (Lipinski definition) is 4. The van der Waals surface area contributed by atoms with Crippen molar-refractivity contribution in [3.8, 4) is 0 Å². The van der Waals surface area contributed by atoms with Crippen LogP contribution >= 0.6 is 0 Å². The van der Waals surface area contributed by atoms with Gasteiger partial charge in [0, 0.05) is 5.41 Å². The van der Waals surface area contributed by atoms with Crippen LogP contribution in [0.3, 0.4) is 0 Å². The lowest BCUT2D eigenvalue weighted by atomic mass is 9.35. The molecule has 1 aromatic carbocycles. The summed E-state index contributed by atoms with van der Waals surface area (Å²) in [5.74, 6) is -1.68. The molecule has 0 unspecified atom stereocenters. The second-order valence-corrected chi connectivity index (χ2v) is 16.8. The van der Waals surface area contributed by atoms with Gasteiger partial charge < -0.3 is 14.9 Å². The maximum Gasteiger partial charge on any atom is 0.339 e. The molecule has 6 nitrogen and oxygen atoms in total. The third kappa shape index (κ3) is 4.14. The molecule has 1 aromatic rings. The predicted molar refractivity (Wildman–Crippen MR) is 169 cm³/mol. The first-order valence-corrected chi connectivity index (χ1v) is 16.6. The fourth-order valence-corrected chi connectivity index (χ4v) is 11.1. The Balaban J connectivity index is 1.34. The number of carboxylic acids is 2. The number of fused-ring (bicyclic) bond motifs is 6. The molecule has 0 radical (unpaired) electrons. The third-order valence-corrected chi connectivity index (χ3v) is 14.3. The van der Waals surface area contributed by atoms with E-state index in [1.165, 1.54) is 23.3 Å². The zero-order chi connectivity index (χ0) is 32.1. The van der Waals surface area contributed by atoms with E-state index in [2.05, 4.69) is 53.7 Å². The Hall–Kier alpha value is -2.89. The normalized spacial score (nSPS) is 42.3. The summed E-state index contributed by atoms with van der Waals surface area (Å²) in [5.41, 5.74) is 1.98. The van der Waals surface area contributed by atoms with E-state index in [0.717, 1.165) is 51.4 Å².